The molecule has 3 heterocycles. The first-order valence-corrected chi connectivity index (χ1v) is 10.6. The van der Waals surface area contributed by atoms with Crippen molar-refractivity contribution < 1.29 is 9.84 Å². The minimum atomic E-state index is -0.176. The number of nitrogens with one attached hydrogen (secondary N) is 1. The fourth-order valence-corrected chi connectivity index (χ4v) is 4.45. The summed E-state index contributed by atoms with van der Waals surface area (Å²) in [6.07, 6.45) is 3.53. The van der Waals surface area contributed by atoms with Crippen molar-refractivity contribution >= 4 is 16.7 Å². The van der Waals surface area contributed by atoms with Crippen molar-refractivity contribution in [1.29, 1.82) is 0 Å². The number of hydrogen-bond acceptors (Lipinski definition) is 5. The molecule has 1 aromatic carbocycles. The van der Waals surface area contributed by atoms with Crippen LogP contribution in [0.3, 0.4) is 0 Å². The topological polar surface area (TPSA) is 57.6 Å². The van der Waals surface area contributed by atoms with Crippen LogP contribution in [0, 0.1) is 6.92 Å². The van der Waals surface area contributed by atoms with Crippen molar-refractivity contribution in [3.63, 3.8) is 0 Å². The highest BCUT2D eigenvalue weighted by atomic mass is 16.5. The fourth-order valence-electron chi connectivity index (χ4n) is 4.45. The van der Waals surface area contributed by atoms with Crippen LogP contribution in [0.4, 0.5) is 5.82 Å². The predicted molar refractivity (Wildman–Crippen MR) is 114 cm³/mol. The van der Waals surface area contributed by atoms with Crippen LogP contribution in [0.1, 0.15) is 50.7 Å². The number of pyridine rings is 1. The number of fused-ring (bicyclic) bond motifs is 1. The molecular formula is C23H33N3O2. The molecule has 5 nitrogen and oxygen atoms in total. The van der Waals surface area contributed by atoms with Crippen molar-refractivity contribution in [2.45, 2.75) is 70.7 Å². The lowest BCUT2D eigenvalue weighted by Gasteiger charge is -2.36. The summed E-state index contributed by atoms with van der Waals surface area (Å²) in [5.74, 6) is 1.07. The van der Waals surface area contributed by atoms with Crippen LogP contribution in [0.25, 0.3) is 10.9 Å². The summed E-state index contributed by atoms with van der Waals surface area (Å²) in [4.78, 5) is 7.40. The Morgan fingerprint density at radius 3 is 2.75 bits per heavy atom. The van der Waals surface area contributed by atoms with E-state index in [1.54, 1.807) is 0 Å². The number of anilines is 1. The van der Waals surface area contributed by atoms with Gasteiger partial charge in [-0.3, -0.25) is 0 Å². The lowest BCUT2D eigenvalue weighted by atomic mass is 9.94. The molecule has 28 heavy (non-hydrogen) atoms. The number of aromatic nitrogens is 1. The van der Waals surface area contributed by atoms with Crippen LogP contribution >= 0.6 is 0 Å². The van der Waals surface area contributed by atoms with Gasteiger partial charge in [0.25, 0.3) is 0 Å². The Kier molecular flexibility index (Phi) is 5.59. The van der Waals surface area contributed by atoms with Gasteiger partial charge < -0.3 is 20.1 Å². The van der Waals surface area contributed by atoms with Crippen molar-refractivity contribution in [1.82, 2.24) is 10.3 Å². The Balaban J connectivity index is 1.59. The number of aryl methyl sites for hydroxylation is 1. The third kappa shape index (κ3) is 4.48. The molecule has 5 heteroatoms. The number of piperidine rings is 1. The van der Waals surface area contributed by atoms with Crippen LogP contribution < -0.4 is 10.2 Å². The first kappa shape index (κ1) is 19.6. The maximum Gasteiger partial charge on any atom is 0.133 e. The number of benzene rings is 1. The van der Waals surface area contributed by atoms with Crippen molar-refractivity contribution in [2.24, 2.45) is 0 Å². The molecule has 1 atom stereocenters. The van der Waals surface area contributed by atoms with Crippen molar-refractivity contribution in [3.05, 3.63) is 35.4 Å². The molecule has 0 bridgehead atoms. The van der Waals surface area contributed by atoms with Gasteiger partial charge in [-0.25, -0.2) is 4.98 Å². The summed E-state index contributed by atoms with van der Waals surface area (Å²) in [6, 6.07) is 9.24. The summed E-state index contributed by atoms with van der Waals surface area (Å²) in [6.45, 7) is 9.81. The van der Waals surface area contributed by atoms with Crippen LogP contribution in [0.15, 0.2) is 24.3 Å². The van der Waals surface area contributed by atoms with E-state index in [4.69, 9.17) is 9.72 Å². The van der Waals surface area contributed by atoms with E-state index in [9.17, 15) is 5.11 Å². The highest BCUT2D eigenvalue weighted by Crippen LogP contribution is 2.28. The number of rotatable bonds is 4. The van der Waals surface area contributed by atoms with Gasteiger partial charge in [0.2, 0.25) is 0 Å². The van der Waals surface area contributed by atoms with Gasteiger partial charge in [-0.05, 0) is 64.2 Å². The van der Waals surface area contributed by atoms with Crippen LogP contribution in [-0.4, -0.2) is 47.5 Å². The molecule has 0 amide bonds. The summed E-state index contributed by atoms with van der Waals surface area (Å²) in [7, 11) is 0. The van der Waals surface area contributed by atoms with Crippen LogP contribution in [-0.2, 0) is 11.3 Å². The standard InChI is InChI=1S/C23H33N3O2/c1-16-4-5-17-13-18(15-24-19-8-11-28-23(2,3)14-19)22(25-21(17)12-16)26-9-6-20(27)7-10-26/h4-5,12-13,19-20,24,27H,6-11,14-15H2,1-3H3. The minimum Gasteiger partial charge on any atom is -0.393 e. The first-order chi connectivity index (χ1) is 13.4. The largest absolute Gasteiger partial charge is 0.393 e. The molecular weight excluding hydrogens is 350 g/mol. The molecule has 2 aliphatic rings. The highest BCUT2D eigenvalue weighted by Gasteiger charge is 2.29. The second-order valence-electron chi connectivity index (χ2n) is 9.06. The van der Waals surface area contributed by atoms with Crippen molar-refractivity contribution in [2.75, 3.05) is 24.6 Å². The van der Waals surface area contributed by atoms with Gasteiger partial charge in [0.15, 0.2) is 0 Å². The Bertz CT molecular complexity index is 828. The molecule has 152 valence electrons. The molecule has 2 N–H and O–H groups in total. The van der Waals surface area contributed by atoms with Gasteiger partial charge in [0.05, 0.1) is 17.2 Å². The Morgan fingerprint density at radius 1 is 1.21 bits per heavy atom. The molecule has 0 saturated carbocycles. The average Bonchev–Trinajstić information content (AvgIpc) is 2.65. The normalized spacial score (nSPS) is 23.3. The molecule has 1 aromatic heterocycles. The molecule has 2 aromatic rings. The van der Waals surface area contributed by atoms with E-state index in [0.717, 1.165) is 63.3 Å². The Morgan fingerprint density at radius 2 is 2.00 bits per heavy atom. The molecule has 2 saturated heterocycles. The quantitative estimate of drug-likeness (QED) is 0.846. The van der Waals surface area contributed by atoms with E-state index < -0.39 is 0 Å². The van der Waals surface area contributed by atoms with Crippen LogP contribution in [0.5, 0.6) is 0 Å². The average molecular weight is 384 g/mol. The maximum atomic E-state index is 9.90. The zero-order valence-corrected chi connectivity index (χ0v) is 17.4. The molecule has 0 aliphatic carbocycles. The fraction of sp³-hybridized carbons (Fsp3) is 0.609. The maximum absolute atomic E-state index is 9.90. The van der Waals surface area contributed by atoms with E-state index in [2.05, 4.69) is 55.3 Å². The second kappa shape index (κ2) is 7.97. The van der Waals surface area contributed by atoms with Gasteiger partial charge in [0, 0.05) is 43.2 Å². The van der Waals surface area contributed by atoms with Crippen molar-refractivity contribution in [3.8, 4) is 0 Å². The third-order valence-corrected chi connectivity index (χ3v) is 6.07. The van der Waals surface area contributed by atoms with E-state index in [-0.39, 0.29) is 11.7 Å². The lowest BCUT2D eigenvalue weighted by molar-refractivity contribution is -0.0630. The SMILES string of the molecule is Cc1ccc2cc(CNC3CCOC(C)(C)C3)c(N3CCC(O)CC3)nc2c1. The number of aliphatic hydroxyl groups is 1. The monoisotopic (exact) mass is 383 g/mol. The molecule has 2 fully saturated rings. The lowest BCUT2D eigenvalue weighted by Crippen LogP contribution is -2.43. The Labute approximate surface area is 168 Å². The van der Waals surface area contributed by atoms with Gasteiger partial charge >= 0.3 is 0 Å². The molecule has 0 radical (unpaired) electrons. The van der Waals surface area contributed by atoms with Gasteiger partial charge in [-0.1, -0.05) is 12.1 Å². The minimum absolute atomic E-state index is 0.0546. The summed E-state index contributed by atoms with van der Waals surface area (Å²) < 4.78 is 5.86. The summed E-state index contributed by atoms with van der Waals surface area (Å²) in [5.41, 5.74) is 3.48. The zero-order chi connectivity index (χ0) is 19.7. The molecule has 0 spiro atoms. The predicted octanol–water partition coefficient (Wildman–Crippen LogP) is 3.55. The number of ether oxygens (including phenoxy) is 1. The van der Waals surface area contributed by atoms with E-state index in [0.29, 0.717) is 6.04 Å². The van der Waals surface area contributed by atoms with Crippen LogP contribution in [0.2, 0.25) is 0 Å². The summed E-state index contributed by atoms with van der Waals surface area (Å²) in [5, 5.41) is 14.9. The van der Waals surface area contributed by atoms with Gasteiger partial charge in [-0.2, -0.15) is 0 Å². The highest BCUT2D eigenvalue weighted by molar-refractivity contribution is 5.82. The van der Waals surface area contributed by atoms with Gasteiger partial charge in [-0.15, -0.1) is 0 Å². The molecule has 4 rings (SSSR count). The van der Waals surface area contributed by atoms with E-state index >= 15 is 0 Å². The third-order valence-electron chi connectivity index (χ3n) is 6.07. The number of nitrogens with zero attached hydrogens (tertiary/aromatic N) is 2. The second-order valence-corrected chi connectivity index (χ2v) is 9.06. The first-order valence-electron chi connectivity index (χ1n) is 10.6. The van der Waals surface area contributed by atoms with E-state index in [1.165, 1.54) is 16.5 Å². The van der Waals surface area contributed by atoms with Gasteiger partial charge in [0.1, 0.15) is 5.82 Å². The molecule has 1 unspecified atom stereocenters. The molecule has 2 aliphatic heterocycles. The van der Waals surface area contributed by atoms with E-state index in [1.807, 2.05) is 0 Å². The summed E-state index contributed by atoms with van der Waals surface area (Å²) >= 11 is 0. The number of aliphatic hydroxyl groups excluding tert-OH is 1. The Hall–Kier alpha value is -1.69. The number of hydrogen-bond donors (Lipinski definition) is 2. The zero-order valence-electron chi connectivity index (χ0n) is 17.4. The smallest absolute Gasteiger partial charge is 0.133 e.